The molecule has 0 radical (unpaired) electrons. The average molecular weight is 279 g/mol. The number of rotatable bonds is 3. The lowest BCUT2D eigenvalue weighted by molar-refractivity contribution is 0.214. The second-order valence-electron chi connectivity index (χ2n) is 4.80. The van der Waals surface area contributed by atoms with E-state index in [0.29, 0.717) is 0 Å². The van der Waals surface area contributed by atoms with Crippen molar-refractivity contribution in [3.05, 3.63) is 29.8 Å². The minimum absolute atomic E-state index is 0.759. The first-order valence-electron chi connectivity index (χ1n) is 6.53. The lowest BCUT2D eigenvalue weighted by Gasteiger charge is -2.34. The molecule has 1 aromatic carbocycles. The first-order valence-corrected chi connectivity index (χ1v) is 6.94. The number of thiocarbonyl (C=S) groups is 1. The number of hydrogen-bond donors (Lipinski definition) is 1. The van der Waals surface area contributed by atoms with Crippen LogP contribution in [0.25, 0.3) is 0 Å². The van der Waals surface area contributed by atoms with Crippen LogP contribution in [0.4, 0.5) is 0 Å². The molecule has 19 heavy (non-hydrogen) atoms. The van der Waals surface area contributed by atoms with Gasteiger partial charge in [-0.05, 0) is 37.0 Å². The maximum Gasteiger partial charge on any atom is 0.169 e. The van der Waals surface area contributed by atoms with E-state index in [1.807, 2.05) is 12.1 Å². The molecule has 2 rings (SSSR count). The molecule has 1 aliphatic heterocycles. The van der Waals surface area contributed by atoms with E-state index in [-0.39, 0.29) is 0 Å². The van der Waals surface area contributed by atoms with E-state index in [1.54, 1.807) is 7.11 Å². The lowest BCUT2D eigenvalue weighted by Crippen LogP contribution is -2.50. The van der Waals surface area contributed by atoms with Gasteiger partial charge in [0.05, 0.1) is 7.11 Å². The van der Waals surface area contributed by atoms with Crippen LogP contribution in [0.3, 0.4) is 0 Å². The van der Waals surface area contributed by atoms with Crippen molar-refractivity contribution in [2.24, 2.45) is 0 Å². The van der Waals surface area contributed by atoms with Gasteiger partial charge < -0.3 is 19.9 Å². The van der Waals surface area contributed by atoms with Gasteiger partial charge in [0.2, 0.25) is 0 Å². The predicted octanol–water partition coefficient (Wildman–Crippen LogP) is 1.32. The minimum Gasteiger partial charge on any atom is -0.497 e. The molecule has 5 heteroatoms. The van der Waals surface area contributed by atoms with Gasteiger partial charge in [-0.3, -0.25) is 0 Å². The normalized spacial score (nSPS) is 16.2. The molecule has 1 aliphatic rings. The van der Waals surface area contributed by atoms with Crippen molar-refractivity contribution in [1.82, 2.24) is 15.1 Å². The van der Waals surface area contributed by atoms with Crippen LogP contribution >= 0.6 is 12.2 Å². The summed E-state index contributed by atoms with van der Waals surface area (Å²) in [6.07, 6.45) is 0. The van der Waals surface area contributed by atoms with Crippen LogP contribution in [0.5, 0.6) is 5.75 Å². The summed E-state index contributed by atoms with van der Waals surface area (Å²) in [6, 6.07) is 8.04. The summed E-state index contributed by atoms with van der Waals surface area (Å²) in [6.45, 7) is 4.92. The van der Waals surface area contributed by atoms with E-state index < -0.39 is 0 Å². The standard InChI is InChI=1S/C14H21N3OS/c1-16-7-9-17(10-8-16)14(19)15-11-12-3-5-13(18-2)6-4-12/h3-6H,7-11H2,1-2H3,(H,15,19). The SMILES string of the molecule is COc1ccc(CNC(=S)N2CCN(C)CC2)cc1. The zero-order valence-electron chi connectivity index (χ0n) is 11.6. The maximum absolute atomic E-state index is 5.43. The number of likely N-dealkylation sites (N-methyl/N-ethyl adjacent to an activating group) is 1. The molecule has 4 nitrogen and oxygen atoms in total. The first-order chi connectivity index (χ1) is 9.19. The summed E-state index contributed by atoms with van der Waals surface area (Å²) < 4.78 is 5.14. The molecule has 0 atom stereocenters. The Morgan fingerprint density at radius 1 is 1.21 bits per heavy atom. The Morgan fingerprint density at radius 3 is 2.42 bits per heavy atom. The average Bonchev–Trinajstić information content (AvgIpc) is 2.46. The number of piperazine rings is 1. The number of methoxy groups -OCH3 is 1. The summed E-state index contributed by atoms with van der Waals surface area (Å²) in [5.74, 6) is 0.880. The molecule has 1 aromatic rings. The number of benzene rings is 1. The Kier molecular flexibility index (Phi) is 4.99. The van der Waals surface area contributed by atoms with Crippen molar-refractivity contribution in [1.29, 1.82) is 0 Å². The summed E-state index contributed by atoms with van der Waals surface area (Å²) in [4.78, 5) is 4.56. The molecule has 0 unspecified atom stereocenters. The molecule has 1 fully saturated rings. The maximum atomic E-state index is 5.43. The molecular weight excluding hydrogens is 258 g/mol. The van der Waals surface area contributed by atoms with Crippen LogP contribution < -0.4 is 10.1 Å². The van der Waals surface area contributed by atoms with Gasteiger partial charge in [0.15, 0.2) is 5.11 Å². The van der Waals surface area contributed by atoms with E-state index in [2.05, 4.69) is 34.3 Å². The van der Waals surface area contributed by atoms with Crippen molar-refractivity contribution >= 4 is 17.3 Å². The number of ether oxygens (including phenoxy) is 1. The Labute approximate surface area is 120 Å². The third-order valence-electron chi connectivity index (χ3n) is 3.39. The molecule has 1 N–H and O–H groups in total. The second-order valence-corrected chi connectivity index (χ2v) is 5.18. The molecule has 104 valence electrons. The molecule has 0 saturated carbocycles. The third-order valence-corrected chi connectivity index (χ3v) is 3.80. The van der Waals surface area contributed by atoms with Crippen molar-refractivity contribution in [3.63, 3.8) is 0 Å². The van der Waals surface area contributed by atoms with Crippen LogP contribution in [0.15, 0.2) is 24.3 Å². The summed E-state index contributed by atoms with van der Waals surface area (Å²) in [5, 5.41) is 4.17. The van der Waals surface area contributed by atoms with Crippen LogP contribution in [0, 0.1) is 0 Å². The summed E-state index contributed by atoms with van der Waals surface area (Å²) in [5.41, 5.74) is 1.21. The number of nitrogens with one attached hydrogen (secondary N) is 1. The Balaban J connectivity index is 1.79. The van der Waals surface area contributed by atoms with Gasteiger partial charge in [0.1, 0.15) is 5.75 Å². The minimum atomic E-state index is 0.759. The van der Waals surface area contributed by atoms with E-state index in [1.165, 1.54) is 5.56 Å². The Morgan fingerprint density at radius 2 is 1.84 bits per heavy atom. The van der Waals surface area contributed by atoms with Crippen molar-refractivity contribution < 1.29 is 4.74 Å². The van der Waals surface area contributed by atoms with Crippen LogP contribution in [0.1, 0.15) is 5.56 Å². The highest BCUT2D eigenvalue weighted by Gasteiger charge is 2.15. The molecule has 0 aromatic heterocycles. The highest BCUT2D eigenvalue weighted by Crippen LogP contribution is 2.11. The van der Waals surface area contributed by atoms with E-state index >= 15 is 0 Å². The topological polar surface area (TPSA) is 27.7 Å². The van der Waals surface area contributed by atoms with E-state index in [0.717, 1.165) is 43.6 Å². The molecule has 1 saturated heterocycles. The fourth-order valence-electron chi connectivity index (χ4n) is 2.04. The highest BCUT2D eigenvalue weighted by atomic mass is 32.1. The van der Waals surface area contributed by atoms with Gasteiger partial charge in [0, 0.05) is 32.7 Å². The second kappa shape index (κ2) is 6.73. The zero-order valence-corrected chi connectivity index (χ0v) is 12.4. The molecule has 0 bridgehead atoms. The predicted molar refractivity (Wildman–Crippen MR) is 81.5 cm³/mol. The van der Waals surface area contributed by atoms with Crippen LogP contribution in [-0.2, 0) is 6.54 Å². The molecule has 0 aliphatic carbocycles. The van der Waals surface area contributed by atoms with Crippen molar-refractivity contribution in [3.8, 4) is 5.75 Å². The molecule has 0 amide bonds. The number of hydrogen-bond acceptors (Lipinski definition) is 3. The fourth-order valence-corrected chi connectivity index (χ4v) is 2.30. The van der Waals surface area contributed by atoms with E-state index in [4.69, 9.17) is 17.0 Å². The molecule has 1 heterocycles. The van der Waals surface area contributed by atoms with Gasteiger partial charge in [-0.25, -0.2) is 0 Å². The van der Waals surface area contributed by atoms with Crippen molar-refractivity contribution in [2.45, 2.75) is 6.54 Å². The van der Waals surface area contributed by atoms with Crippen LogP contribution in [0.2, 0.25) is 0 Å². The lowest BCUT2D eigenvalue weighted by atomic mass is 10.2. The summed E-state index contributed by atoms with van der Waals surface area (Å²) in [7, 11) is 3.82. The van der Waals surface area contributed by atoms with Crippen molar-refractivity contribution in [2.75, 3.05) is 40.3 Å². The quantitative estimate of drug-likeness (QED) is 0.843. The van der Waals surface area contributed by atoms with Gasteiger partial charge in [-0.2, -0.15) is 0 Å². The highest BCUT2D eigenvalue weighted by molar-refractivity contribution is 7.80. The molecule has 0 spiro atoms. The van der Waals surface area contributed by atoms with Gasteiger partial charge in [-0.15, -0.1) is 0 Å². The first kappa shape index (κ1) is 14.1. The fraction of sp³-hybridized carbons (Fsp3) is 0.500. The monoisotopic (exact) mass is 279 g/mol. The Bertz CT molecular complexity index is 413. The number of nitrogens with zero attached hydrogens (tertiary/aromatic N) is 2. The third kappa shape index (κ3) is 4.08. The van der Waals surface area contributed by atoms with Gasteiger partial charge in [-0.1, -0.05) is 12.1 Å². The van der Waals surface area contributed by atoms with Gasteiger partial charge in [0.25, 0.3) is 0 Å². The molecular formula is C14H21N3OS. The smallest absolute Gasteiger partial charge is 0.169 e. The largest absolute Gasteiger partial charge is 0.497 e. The van der Waals surface area contributed by atoms with E-state index in [9.17, 15) is 0 Å². The van der Waals surface area contributed by atoms with Crippen LogP contribution in [-0.4, -0.2) is 55.2 Å². The summed E-state index contributed by atoms with van der Waals surface area (Å²) >= 11 is 5.43. The van der Waals surface area contributed by atoms with Gasteiger partial charge >= 0.3 is 0 Å². The Hall–Kier alpha value is -1.33. The zero-order chi connectivity index (χ0) is 13.7.